The molecular weight excluding hydrogens is 242 g/mol. The molecule has 0 radical (unpaired) electrons. The molecule has 0 saturated heterocycles. The Morgan fingerprint density at radius 1 is 1.42 bits per heavy atom. The number of hydrogen-bond donors (Lipinski definition) is 1. The number of nitrogens with zero attached hydrogens (tertiary/aromatic N) is 1. The fraction of sp³-hybridized carbons (Fsp3) is 0.533. The molecule has 2 rings (SSSR count). The normalized spacial score (nSPS) is 15.2. The van der Waals surface area contributed by atoms with Crippen LogP contribution in [0, 0.1) is 0 Å². The van der Waals surface area contributed by atoms with E-state index in [1.807, 2.05) is 24.8 Å². The number of fused-ring (bicyclic) bond motifs is 1. The van der Waals surface area contributed by atoms with Crippen LogP contribution in [0.1, 0.15) is 31.4 Å². The van der Waals surface area contributed by atoms with Gasteiger partial charge in [0.1, 0.15) is 5.75 Å². The van der Waals surface area contributed by atoms with Crippen LogP contribution >= 0.6 is 0 Å². The van der Waals surface area contributed by atoms with Crippen molar-refractivity contribution in [2.45, 2.75) is 38.8 Å². The van der Waals surface area contributed by atoms with Crippen molar-refractivity contribution in [3.05, 3.63) is 29.3 Å². The fourth-order valence-corrected chi connectivity index (χ4v) is 2.30. The van der Waals surface area contributed by atoms with E-state index in [1.165, 1.54) is 5.56 Å². The summed E-state index contributed by atoms with van der Waals surface area (Å²) in [6, 6.07) is 5.38. The Hall–Kier alpha value is -1.55. The van der Waals surface area contributed by atoms with Crippen LogP contribution in [0.15, 0.2) is 18.2 Å². The number of benzene rings is 1. The number of rotatable bonds is 3. The second-order valence-electron chi connectivity index (χ2n) is 5.66. The standard InChI is InChI=1S/C15H21NO3/c1-15(2,19-3)9-14(18)16-7-6-11-4-5-13(17)8-12(11)10-16/h4-5,8,17H,6-7,9-10H2,1-3H3. The molecule has 1 amide bonds. The molecule has 0 fully saturated rings. The number of amides is 1. The number of phenols is 1. The lowest BCUT2D eigenvalue weighted by Gasteiger charge is -2.32. The Labute approximate surface area is 114 Å². The molecule has 104 valence electrons. The number of hydrogen-bond acceptors (Lipinski definition) is 3. The zero-order chi connectivity index (χ0) is 14.0. The van der Waals surface area contributed by atoms with Crippen molar-refractivity contribution in [3.8, 4) is 5.75 Å². The number of aromatic hydroxyl groups is 1. The maximum absolute atomic E-state index is 12.3. The summed E-state index contributed by atoms with van der Waals surface area (Å²) in [7, 11) is 1.62. The van der Waals surface area contributed by atoms with Gasteiger partial charge in [-0.3, -0.25) is 4.79 Å². The maximum atomic E-state index is 12.3. The van der Waals surface area contributed by atoms with Gasteiger partial charge in [0.05, 0.1) is 12.0 Å². The van der Waals surface area contributed by atoms with Gasteiger partial charge in [0.25, 0.3) is 0 Å². The Kier molecular flexibility index (Phi) is 3.80. The van der Waals surface area contributed by atoms with Crippen LogP contribution in [0.4, 0.5) is 0 Å². The fourth-order valence-electron chi connectivity index (χ4n) is 2.30. The quantitative estimate of drug-likeness (QED) is 0.908. The maximum Gasteiger partial charge on any atom is 0.225 e. The van der Waals surface area contributed by atoms with Crippen molar-refractivity contribution >= 4 is 5.91 Å². The minimum Gasteiger partial charge on any atom is -0.508 e. The summed E-state index contributed by atoms with van der Waals surface area (Å²) in [4.78, 5) is 14.1. The lowest BCUT2D eigenvalue weighted by Crippen LogP contribution is -2.40. The highest BCUT2D eigenvalue weighted by molar-refractivity contribution is 5.77. The van der Waals surface area contributed by atoms with Crippen LogP contribution in [0.5, 0.6) is 5.75 Å². The summed E-state index contributed by atoms with van der Waals surface area (Å²) in [5.74, 6) is 0.353. The van der Waals surface area contributed by atoms with Crippen LogP contribution in [-0.2, 0) is 22.5 Å². The summed E-state index contributed by atoms with van der Waals surface area (Å²) in [5, 5.41) is 9.51. The molecule has 1 aliphatic rings. The van der Waals surface area contributed by atoms with Gasteiger partial charge in [-0.25, -0.2) is 0 Å². The third-order valence-electron chi connectivity index (χ3n) is 3.68. The summed E-state index contributed by atoms with van der Waals surface area (Å²) >= 11 is 0. The third-order valence-corrected chi connectivity index (χ3v) is 3.68. The molecule has 4 heteroatoms. The second-order valence-corrected chi connectivity index (χ2v) is 5.66. The van der Waals surface area contributed by atoms with E-state index in [9.17, 15) is 9.90 Å². The van der Waals surface area contributed by atoms with Crippen molar-refractivity contribution < 1.29 is 14.6 Å². The van der Waals surface area contributed by atoms with Crippen molar-refractivity contribution in [1.82, 2.24) is 4.90 Å². The summed E-state index contributed by atoms with van der Waals surface area (Å²) < 4.78 is 5.30. The van der Waals surface area contributed by atoms with Gasteiger partial charge in [0.2, 0.25) is 5.91 Å². The molecule has 0 saturated carbocycles. The molecule has 0 aromatic heterocycles. The van der Waals surface area contributed by atoms with Crippen molar-refractivity contribution in [2.75, 3.05) is 13.7 Å². The second kappa shape index (κ2) is 5.21. The zero-order valence-corrected chi connectivity index (χ0v) is 11.8. The monoisotopic (exact) mass is 263 g/mol. The molecule has 1 aromatic rings. The van der Waals surface area contributed by atoms with E-state index < -0.39 is 5.60 Å². The van der Waals surface area contributed by atoms with Crippen LogP contribution in [0.25, 0.3) is 0 Å². The van der Waals surface area contributed by atoms with Crippen molar-refractivity contribution in [1.29, 1.82) is 0 Å². The van der Waals surface area contributed by atoms with Gasteiger partial charge in [-0.2, -0.15) is 0 Å². The SMILES string of the molecule is COC(C)(C)CC(=O)N1CCc2ccc(O)cc2C1. The average Bonchev–Trinajstić information content (AvgIpc) is 2.37. The van der Waals surface area contributed by atoms with E-state index in [2.05, 4.69) is 0 Å². The Bertz CT molecular complexity index is 482. The Balaban J connectivity index is 2.07. The van der Waals surface area contributed by atoms with Crippen LogP contribution < -0.4 is 0 Å². The first-order valence-corrected chi connectivity index (χ1v) is 6.55. The lowest BCUT2D eigenvalue weighted by molar-refractivity contribution is -0.137. The van der Waals surface area contributed by atoms with Gasteiger partial charge < -0.3 is 14.7 Å². The molecular formula is C15H21NO3. The molecule has 0 unspecified atom stereocenters. The molecule has 19 heavy (non-hydrogen) atoms. The van der Waals surface area contributed by atoms with Gasteiger partial charge in [0, 0.05) is 20.2 Å². The van der Waals surface area contributed by atoms with Gasteiger partial charge >= 0.3 is 0 Å². The molecule has 0 atom stereocenters. The highest BCUT2D eigenvalue weighted by atomic mass is 16.5. The predicted molar refractivity (Wildman–Crippen MR) is 72.9 cm³/mol. The van der Waals surface area contributed by atoms with Crippen molar-refractivity contribution in [2.24, 2.45) is 0 Å². The average molecular weight is 263 g/mol. The number of methoxy groups -OCH3 is 1. The minimum absolute atomic E-state index is 0.0980. The lowest BCUT2D eigenvalue weighted by atomic mass is 9.97. The Morgan fingerprint density at radius 2 is 2.16 bits per heavy atom. The molecule has 1 aromatic carbocycles. The minimum atomic E-state index is -0.434. The molecule has 1 aliphatic heterocycles. The summed E-state index contributed by atoms with van der Waals surface area (Å²) in [6.07, 6.45) is 1.21. The molecule has 4 nitrogen and oxygen atoms in total. The summed E-state index contributed by atoms with van der Waals surface area (Å²) in [5.41, 5.74) is 1.82. The number of carbonyl (C=O) groups is 1. The largest absolute Gasteiger partial charge is 0.508 e. The van der Waals surface area contributed by atoms with Gasteiger partial charge in [0.15, 0.2) is 0 Å². The van der Waals surface area contributed by atoms with Crippen molar-refractivity contribution in [3.63, 3.8) is 0 Å². The number of carbonyl (C=O) groups excluding carboxylic acids is 1. The van der Waals surface area contributed by atoms with E-state index in [-0.39, 0.29) is 11.7 Å². The number of phenolic OH excluding ortho intramolecular Hbond substituents is 1. The van der Waals surface area contributed by atoms with Crippen LogP contribution in [0.2, 0.25) is 0 Å². The number of ether oxygens (including phenoxy) is 1. The first-order chi connectivity index (χ1) is 8.91. The van der Waals surface area contributed by atoms with E-state index in [1.54, 1.807) is 19.2 Å². The highest BCUT2D eigenvalue weighted by Gasteiger charge is 2.27. The molecule has 0 bridgehead atoms. The van der Waals surface area contributed by atoms with E-state index in [0.717, 1.165) is 18.5 Å². The molecule has 0 aliphatic carbocycles. The topological polar surface area (TPSA) is 49.8 Å². The first-order valence-electron chi connectivity index (χ1n) is 6.55. The van der Waals surface area contributed by atoms with Crippen LogP contribution in [-0.4, -0.2) is 35.2 Å². The molecule has 0 spiro atoms. The van der Waals surface area contributed by atoms with Gasteiger partial charge in [-0.15, -0.1) is 0 Å². The van der Waals surface area contributed by atoms with Gasteiger partial charge in [-0.1, -0.05) is 6.07 Å². The third kappa shape index (κ3) is 3.26. The smallest absolute Gasteiger partial charge is 0.225 e. The van der Waals surface area contributed by atoms with E-state index in [0.29, 0.717) is 13.0 Å². The molecule has 1 N–H and O–H groups in total. The zero-order valence-electron chi connectivity index (χ0n) is 11.8. The van der Waals surface area contributed by atoms with Gasteiger partial charge in [-0.05, 0) is 43.5 Å². The van der Waals surface area contributed by atoms with E-state index in [4.69, 9.17) is 4.74 Å². The van der Waals surface area contributed by atoms with E-state index >= 15 is 0 Å². The highest BCUT2D eigenvalue weighted by Crippen LogP contribution is 2.24. The molecule has 1 heterocycles. The first kappa shape index (κ1) is 13.9. The predicted octanol–water partition coefficient (Wildman–Crippen LogP) is 2.09. The van der Waals surface area contributed by atoms with Crippen LogP contribution in [0.3, 0.4) is 0 Å². The summed E-state index contributed by atoms with van der Waals surface area (Å²) in [6.45, 7) is 5.13. The Morgan fingerprint density at radius 3 is 2.84 bits per heavy atom.